The Balaban J connectivity index is 2.54. The summed E-state index contributed by atoms with van der Waals surface area (Å²) in [5.41, 5.74) is 1.06. The lowest BCUT2D eigenvalue weighted by atomic mass is 10.1. The Kier molecular flexibility index (Phi) is 3.12. The lowest BCUT2D eigenvalue weighted by molar-refractivity contribution is 0.354. The van der Waals surface area contributed by atoms with E-state index in [1.54, 1.807) is 26.4 Å². The molecule has 1 aliphatic rings. The highest BCUT2D eigenvalue weighted by molar-refractivity contribution is 6.29. The van der Waals surface area contributed by atoms with E-state index < -0.39 is 5.50 Å². The summed E-state index contributed by atoms with van der Waals surface area (Å²) in [6.45, 7) is 0. The van der Waals surface area contributed by atoms with E-state index >= 15 is 0 Å². The predicted octanol–water partition coefficient (Wildman–Crippen LogP) is 3.07. The quantitative estimate of drug-likeness (QED) is 0.466. The van der Waals surface area contributed by atoms with E-state index in [-0.39, 0.29) is 0 Å². The molecule has 2 rings (SSSR count). The maximum Gasteiger partial charge on any atom is 0.162 e. The number of fused-ring (bicyclic) bond motifs is 1. The van der Waals surface area contributed by atoms with Gasteiger partial charge in [-0.1, -0.05) is 11.6 Å². The molecule has 16 heavy (non-hydrogen) atoms. The molecular weight excluding hydrogens is 251 g/mol. The van der Waals surface area contributed by atoms with Crippen LogP contribution in [0, 0.1) is 0 Å². The fourth-order valence-electron chi connectivity index (χ4n) is 1.50. The summed E-state index contributed by atoms with van der Waals surface area (Å²) in [6, 6.07) is 3.54. The Morgan fingerprint density at radius 1 is 1.25 bits per heavy atom. The average Bonchev–Trinajstić information content (AvgIpc) is 2.32. The first-order valence-corrected chi connectivity index (χ1v) is 5.33. The highest BCUT2D eigenvalue weighted by Crippen LogP contribution is 2.42. The van der Waals surface area contributed by atoms with Crippen molar-refractivity contribution >= 4 is 35.4 Å². The Hall–Kier alpha value is -1.13. The van der Waals surface area contributed by atoms with Crippen LogP contribution in [-0.2, 0) is 0 Å². The van der Waals surface area contributed by atoms with Gasteiger partial charge in [0.05, 0.1) is 19.9 Å². The number of methoxy groups -OCH3 is 2. The molecule has 0 amide bonds. The minimum absolute atomic E-state index is 0.464. The largest absolute Gasteiger partial charge is 0.493 e. The van der Waals surface area contributed by atoms with Crippen LogP contribution in [0.2, 0.25) is 0 Å². The number of aliphatic imine (C=N–C) groups is 1. The van der Waals surface area contributed by atoms with Gasteiger partial charge in [0.1, 0.15) is 11.8 Å². The van der Waals surface area contributed by atoms with Gasteiger partial charge in [0, 0.05) is 23.4 Å². The molecule has 1 unspecified atom stereocenters. The van der Waals surface area contributed by atoms with Crippen LogP contribution in [-0.4, -0.2) is 25.0 Å². The number of halogens is 2. The first-order chi connectivity index (χ1) is 7.67. The first-order valence-electron chi connectivity index (χ1n) is 4.55. The van der Waals surface area contributed by atoms with Gasteiger partial charge in [0.25, 0.3) is 0 Å². The molecule has 0 aromatic heterocycles. The molecule has 0 spiro atoms. The van der Waals surface area contributed by atoms with Crippen molar-refractivity contribution in [1.29, 1.82) is 0 Å². The molecule has 0 saturated heterocycles. The zero-order valence-corrected chi connectivity index (χ0v) is 10.3. The molecule has 1 atom stereocenters. The second-order valence-corrected chi connectivity index (χ2v) is 3.99. The molecule has 86 valence electrons. The monoisotopic (exact) mass is 260 g/mol. The predicted molar refractivity (Wildman–Crippen MR) is 64.0 cm³/mol. The lowest BCUT2D eigenvalue weighted by Crippen LogP contribution is -2.16. The van der Waals surface area contributed by atoms with Gasteiger partial charge < -0.3 is 9.47 Å². The van der Waals surface area contributed by atoms with Gasteiger partial charge >= 0.3 is 0 Å². The second-order valence-electron chi connectivity index (χ2n) is 3.19. The molecule has 1 heterocycles. The van der Waals surface area contributed by atoms with E-state index in [4.69, 9.17) is 32.9 Å². The maximum atomic E-state index is 6.13. The number of hydrogen-bond acceptors (Lipinski definition) is 4. The van der Waals surface area contributed by atoms with Crippen molar-refractivity contribution in [2.45, 2.75) is 5.50 Å². The lowest BCUT2D eigenvalue weighted by Gasteiger charge is -2.24. The normalized spacial score (nSPS) is 18.2. The van der Waals surface area contributed by atoms with Crippen LogP contribution in [0.1, 0.15) is 11.1 Å². The first kappa shape index (κ1) is 11.4. The zero-order valence-electron chi connectivity index (χ0n) is 8.78. The van der Waals surface area contributed by atoms with E-state index in [9.17, 15) is 0 Å². The van der Waals surface area contributed by atoms with Gasteiger partial charge in [0.2, 0.25) is 0 Å². The van der Waals surface area contributed by atoms with E-state index in [0.29, 0.717) is 11.5 Å². The van der Waals surface area contributed by atoms with Crippen LogP contribution < -0.4 is 9.47 Å². The second kappa shape index (κ2) is 4.39. The van der Waals surface area contributed by atoms with Crippen LogP contribution in [0.4, 0.5) is 5.69 Å². The van der Waals surface area contributed by atoms with Crippen LogP contribution in [0.5, 0.6) is 11.5 Å². The molecule has 1 aromatic carbocycles. The number of alkyl halides is 1. The van der Waals surface area contributed by atoms with E-state index in [2.05, 4.69) is 4.99 Å². The van der Waals surface area contributed by atoms with Gasteiger partial charge in [-0.3, -0.25) is 4.42 Å². The summed E-state index contributed by atoms with van der Waals surface area (Å²) in [4.78, 5) is 4.16. The van der Waals surface area contributed by atoms with Crippen molar-refractivity contribution in [3.63, 3.8) is 0 Å². The van der Waals surface area contributed by atoms with Crippen molar-refractivity contribution in [2.24, 2.45) is 4.99 Å². The molecular formula is C10H10Cl2N2O2. The summed E-state index contributed by atoms with van der Waals surface area (Å²) in [5, 5.41) is 0. The summed E-state index contributed by atoms with van der Waals surface area (Å²) in [6.07, 6.45) is 1.47. The minimum atomic E-state index is -0.464. The molecule has 0 bridgehead atoms. The Morgan fingerprint density at radius 2 is 1.88 bits per heavy atom. The molecule has 0 saturated carbocycles. The number of benzene rings is 1. The van der Waals surface area contributed by atoms with Crippen molar-refractivity contribution in [3.05, 3.63) is 17.7 Å². The fraction of sp³-hybridized carbons (Fsp3) is 0.300. The van der Waals surface area contributed by atoms with E-state index in [1.165, 1.54) is 10.8 Å². The maximum absolute atomic E-state index is 6.13. The molecule has 1 aromatic rings. The Bertz CT molecular complexity index is 437. The van der Waals surface area contributed by atoms with Gasteiger partial charge in [-0.05, 0) is 6.07 Å². The molecule has 0 N–H and O–H groups in total. The van der Waals surface area contributed by atoms with Crippen molar-refractivity contribution in [2.75, 3.05) is 14.2 Å². The number of nitrogens with zero attached hydrogens (tertiary/aromatic N) is 2. The highest BCUT2D eigenvalue weighted by Gasteiger charge is 2.23. The molecule has 0 fully saturated rings. The van der Waals surface area contributed by atoms with Crippen LogP contribution in [0.3, 0.4) is 0 Å². The van der Waals surface area contributed by atoms with Crippen molar-refractivity contribution < 1.29 is 9.47 Å². The Labute approximate surface area is 103 Å². The van der Waals surface area contributed by atoms with Gasteiger partial charge in [-0.2, -0.15) is 0 Å². The number of rotatable bonds is 2. The van der Waals surface area contributed by atoms with Crippen molar-refractivity contribution in [1.82, 2.24) is 4.42 Å². The summed E-state index contributed by atoms with van der Waals surface area (Å²) < 4.78 is 11.7. The average molecular weight is 261 g/mol. The molecule has 0 radical (unpaired) electrons. The number of ether oxygens (including phenoxy) is 2. The molecule has 4 nitrogen and oxygen atoms in total. The summed E-state index contributed by atoms with van der Waals surface area (Å²) in [5.74, 6) is 1.22. The third-order valence-electron chi connectivity index (χ3n) is 2.31. The summed E-state index contributed by atoms with van der Waals surface area (Å²) >= 11 is 12.0. The van der Waals surface area contributed by atoms with E-state index in [0.717, 1.165) is 11.3 Å². The van der Waals surface area contributed by atoms with Crippen molar-refractivity contribution in [3.8, 4) is 11.5 Å². The van der Waals surface area contributed by atoms with Gasteiger partial charge in [-0.25, -0.2) is 4.99 Å². The minimum Gasteiger partial charge on any atom is -0.493 e. The smallest absolute Gasteiger partial charge is 0.162 e. The van der Waals surface area contributed by atoms with Crippen LogP contribution >= 0.6 is 23.4 Å². The highest BCUT2D eigenvalue weighted by atomic mass is 35.5. The molecule has 0 aliphatic carbocycles. The third-order valence-corrected chi connectivity index (χ3v) is 3.14. The summed E-state index contributed by atoms with van der Waals surface area (Å²) in [7, 11) is 3.14. The zero-order chi connectivity index (χ0) is 11.7. The fourth-order valence-corrected chi connectivity index (χ4v) is 1.87. The van der Waals surface area contributed by atoms with Gasteiger partial charge in [-0.15, -0.1) is 0 Å². The van der Waals surface area contributed by atoms with E-state index in [1.807, 2.05) is 0 Å². The SMILES string of the molecule is COc1cc2c(cc1OC)C(Cl)N(Cl)C=N2. The number of hydrogen-bond donors (Lipinski definition) is 0. The topological polar surface area (TPSA) is 34.1 Å². The Morgan fingerprint density at radius 3 is 2.50 bits per heavy atom. The molecule has 6 heteroatoms. The third kappa shape index (κ3) is 1.79. The standard InChI is InChI=1S/C10H10Cl2N2O2/c1-15-8-3-6-7(4-9(8)16-2)13-5-14(12)10(6)11/h3-5,10H,1-2H3. The van der Waals surface area contributed by atoms with Crippen LogP contribution in [0.25, 0.3) is 0 Å². The van der Waals surface area contributed by atoms with Gasteiger partial charge in [0.15, 0.2) is 11.5 Å². The van der Waals surface area contributed by atoms with Crippen LogP contribution in [0.15, 0.2) is 17.1 Å². The molecule has 1 aliphatic heterocycles.